The lowest BCUT2D eigenvalue weighted by Crippen LogP contribution is -2.33. The molecule has 0 bridgehead atoms. The second kappa shape index (κ2) is 12.6. The molecule has 9 heteroatoms. The molecule has 1 atom stereocenters. The van der Waals surface area contributed by atoms with Crippen molar-refractivity contribution in [3.8, 4) is 0 Å². The van der Waals surface area contributed by atoms with Crippen LogP contribution in [0.5, 0.6) is 0 Å². The molecule has 1 amide bonds. The number of aryl methyl sites for hydroxylation is 1. The molecule has 0 fully saturated rings. The van der Waals surface area contributed by atoms with Crippen LogP contribution in [-0.2, 0) is 17.7 Å². The average molecular weight is 526 g/mol. The molecule has 0 aliphatic rings. The zero-order chi connectivity index (χ0) is 27.0. The maximum absolute atomic E-state index is 11.8. The van der Waals surface area contributed by atoms with Crippen LogP contribution in [0.1, 0.15) is 55.5 Å². The molecule has 3 aromatic rings. The summed E-state index contributed by atoms with van der Waals surface area (Å²) in [5, 5.41) is 28.7. The van der Waals surface area contributed by atoms with Crippen LogP contribution in [0.4, 0.5) is 16.2 Å². The summed E-state index contributed by atoms with van der Waals surface area (Å²) in [6.07, 6.45) is 0.0825. The highest BCUT2D eigenvalue weighted by atomic mass is 35.5. The number of carbonyl (C=O) groups excluding carboxylic acids is 1. The standard InChI is InChI=1S/C28H32ClN3O5/c1-28(2,3)37-27(34)30-15-5-7-19-6-4-8-21(16-19)26(33)24-17-22(29)11-14-25(24)31-18-20-9-12-23(13-10-20)32(35)36/h4,6,8-14,16-17,26,31,33H,5,7,15,18H2,1-3H3,(H,30,34). The highest BCUT2D eigenvalue weighted by molar-refractivity contribution is 6.30. The third-order valence-corrected chi connectivity index (χ3v) is 5.75. The van der Waals surface area contributed by atoms with Gasteiger partial charge >= 0.3 is 6.09 Å². The van der Waals surface area contributed by atoms with E-state index in [-0.39, 0.29) is 5.69 Å². The highest BCUT2D eigenvalue weighted by Crippen LogP contribution is 2.32. The second-order valence-electron chi connectivity index (χ2n) is 9.69. The number of benzene rings is 3. The molecule has 0 spiro atoms. The molecule has 0 saturated heterocycles. The number of nitro benzene ring substituents is 1. The minimum absolute atomic E-state index is 0.0341. The maximum Gasteiger partial charge on any atom is 0.407 e. The van der Waals surface area contributed by atoms with Gasteiger partial charge in [0.15, 0.2) is 0 Å². The Labute approximate surface area is 221 Å². The smallest absolute Gasteiger partial charge is 0.407 e. The molecule has 37 heavy (non-hydrogen) atoms. The van der Waals surface area contributed by atoms with Crippen LogP contribution >= 0.6 is 11.6 Å². The molecule has 3 rings (SSSR count). The van der Waals surface area contributed by atoms with Gasteiger partial charge in [-0.1, -0.05) is 48.0 Å². The largest absolute Gasteiger partial charge is 0.444 e. The normalized spacial score (nSPS) is 12.0. The van der Waals surface area contributed by atoms with E-state index in [0.29, 0.717) is 29.4 Å². The van der Waals surface area contributed by atoms with E-state index in [9.17, 15) is 20.0 Å². The molecular weight excluding hydrogens is 494 g/mol. The molecule has 0 aliphatic carbocycles. The summed E-state index contributed by atoms with van der Waals surface area (Å²) in [6.45, 7) is 6.36. The summed E-state index contributed by atoms with van der Waals surface area (Å²) in [5.74, 6) is 0. The van der Waals surface area contributed by atoms with Crippen molar-refractivity contribution in [2.24, 2.45) is 0 Å². The summed E-state index contributed by atoms with van der Waals surface area (Å²) in [5.41, 5.74) is 3.45. The average Bonchev–Trinajstić information content (AvgIpc) is 2.85. The Bertz CT molecular complexity index is 1230. The fraction of sp³-hybridized carbons (Fsp3) is 0.321. The maximum atomic E-state index is 11.8. The summed E-state index contributed by atoms with van der Waals surface area (Å²) >= 11 is 6.25. The van der Waals surface area contributed by atoms with Crippen LogP contribution in [0, 0.1) is 10.1 Å². The van der Waals surface area contributed by atoms with Crippen molar-refractivity contribution in [1.82, 2.24) is 5.32 Å². The van der Waals surface area contributed by atoms with Crippen molar-refractivity contribution >= 4 is 29.1 Å². The number of carbonyl (C=O) groups is 1. The topological polar surface area (TPSA) is 114 Å². The van der Waals surface area contributed by atoms with E-state index in [0.717, 1.165) is 29.5 Å². The van der Waals surface area contributed by atoms with E-state index < -0.39 is 22.7 Å². The Balaban J connectivity index is 1.64. The Kier molecular flexibility index (Phi) is 9.49. The molecule has 0 aromatic heterocycles. The number of nitrogens with zero attached hydrogens (tertiary/aromatic N) is 1. The lowest BCUT2D eigenvalue weighted by atomic mass is 9.97. The Morgan fingerprint density at radius 1 is 1.08 bits per heavy atom. The quantitative estimate of drug-likeness (QED) is 0.160. The number of anilines is 1. The first-order chi connectivity index (χ1) is 17.5. The first-order valence-corrected chi connectivity index (χ1v) is 12.4. The van der Waals surface area contributed by atoms with Gasteiger partial charge in [-0.3, -0.25) is 10.1 Å². The number of amides is 1. The van der Waals surface area contributed by atoms with Crippen molar-refractivity contribution < 1.29 is 19.6 Å². The number of nitro groups is 1. The Hall–Kier alpha value is -3.62. The number of alkyl carbamates (subject to hydrolysis) is 1. The number of non-ortho nitro benzene ring substituents is 1. The van der Waals surface area contributed by atoms with Crippen LogP contribution < -0.4 is 10.6 Å². The van der Waals surface area contributed by atoms with Crippen LogP contribution in [0.2, 0.25) is 5.02 Å². The van der Waals surface area contributed by atoms with Gasteiger partial charge < -0.3 is 20.5 Å². The molecule has 196 valence electrons. The van der Waals surface area contributed by atoms with E-state index in [2.05, 4.69) is 10.6 Å². The Morgan fingerprint density at radius 3 is 2.49 bits per heavy atom. The van der Waals surface area contributed by atoms with Gasteiger partial charge in [-0.2, -0.15) is 0 Å². The zero-order valence-corrected chi connectivity index (χ0v) is 21.9. The van der Waals surface area contributed by atoms with Gasteiger partial charge in [-0.15, -0.1) is 0 Å². The number of nitrogens with one attached hydrogen (secondary N) is 2. The van der Waals surface area contributed by atoms with Gasteiger partial charge in [-0.05, 0) is 68.5 Å². The van der Waals surface area contributed by atoms with Gasteiger partial charge in [0.2, 0.25) is 0 Å². The molecule has 0 aliphatic heterocycles. The molecule has 1 unspecified atom stereocenters. The van der Waals surface area contributed by atoms with Crippen LogP contribution in [0.15, 0.2) is 66.7 Å². The van der Waals surface area contributed by atoms with Crippen LogP contribution in [0.3, 0.4) is 0 Å². The first kappa shape index (κ1) is 28.0. The van der Waals surface area contributed by atoms with E-state index in [1.54, 1.807) is 30.3 Å². The van der Waals surface area contributed by atoms with Crippen molar-refractivity contribution in [2.75, 3.05) is 11.9 Å². The second-order valence-corrected chi connectivity index (χ2v) is 10.1. The summed E-state index contributed by atoms with van der Waals surface area (Å²) < 4.78 is 5.25. The van der Waals surface area contributed by atoms with Crippen molar-refractivity contribution in [1.29, 1.82) is 0 Å². The molecular formula is C28H32ClN3O5. The molecule has 0 radical (unpaired) electrons. The number of halogens is 1. The number of aliphatic hydroxyl groups is 1. The molecule has 8 nitrogen and oxygen atoms in total. The number of rotatable bonds is 10. The third kappa shape index (κ3) is 8.77. The molecule has 0 saturated carbocycles. The minimum atomic E-state index is -0.919. The predicted octanol–water partition coefficient (Wildman–Crippen LogP) is 6.40. The number of hydrogen-bond acceptors (Lipinski definition) is 6. The number of ether oxygens (including phenoxy) is 1. The first-order valence-electron chi connectivity index (χ1n) is 12.0. The molecule has 0 heterocycles. The molecule has 3 N–H and O–H groups in total. The Morgan fingerprint density at radius 2 is 1.81 bits per heavy atom. The fourth-order valence-electron chi connectivity index (χ4n) is 3.75. The van der Waals surface area contributed by atoms with E-state index in [1.807, 2.05) is 45.0 Å². The monoisotopic (exact) mass is 525 g/mol. The zero-order valence-electron chi connectivity index (χ0n) is 21.2. The summed E-state index contributed by atoms with van der Waals surface area (Å²) in [4.78, 5) is 22.2. The van der Waals surface area contributed by atoms with Gasteiger partial charge in [0.1, 0.15) is 11.7 Å². The SMILES string of the molecule is CC(C)(C)OC(=O)NCCCc1cccc(C(O)c2cc(Cl)ccc2NCc2ccc([N+](=O)[O-])cc2)c1. The van der Waals surface area contributed by atoms with Gasteiger partial charge in [-0.25, -0.2) is 4.79 Å². The predicted molar refractivity (Wildman–Crippen MR) is 145 cm³/mol. The van der Waals surface area contributed by atoms with Crippen LogP contribution in [0.25, 0.3) is 0 Å². The van der Waals surface area contributed by atoms with Gasteiger partial charge in [0, 0.05) is 41.5 Å². The summed E-state index contributed by atoms with van der Waals surface area (Å²) in [7, 11) is 0. The van der Waals surface area contributed by atoms with Gasteiger partial charge in [0.25, 0.3) is 5.69 Å². The number of aliphatic hydroxyl groups excluding tert-OH is 1. The lowest BCUT2D eigenvalue weighted by molar-refractivity contribution is -0.384. The van der Waals surface area contributed by atoms with Crippen molar-refractivity contribution in [3.05, 3.63) is 104 Å². The van der Waals surface area contributed by atoms with Gasteiger partial charge in [0.05, 0.1) is 4.92 Å². The highest BCUT2D eigenvalue weighted by Gasteiger charge is 2.17. The summed E-state index contributed by atoms with van der Waals surface area (Å²) in [6, 6.07) is 19.2. The fourth-order valence-corrected chi connectivity index (χ4v) is 3.93. The number of hydrogen-bond donors (Lipinski definition) is 3. The minimum Gasteiger partial charge on any atom is -0.444 e. The molecule has 3 aromatic carbocycles. The van der Waals surface area contributed by atoms with Crippen LogP contribution in [-0.4, -0.2) is 28.3 Å². The van der Waals surface area contributed by atoms with Crippen molar-refractivity contribution in [2.45, 2.75) is 51.9 Å². The van der Waals surface area contributed by atoms with E-state index >= 15 is 0 Å². The van der Waals surface area contributed by atoms with E-state index in [1.165, 1.54) is 12.1 Å². The lowest BCUT2D eigenvalue weighted by Gasteiger charge is -2.20. The van der Waals surface area contributed by atoms with Crippen molar-refractivity contribution in [3.63, 3.8) is 0 Å². The van der Waals surface area contributed by atoms with E-state index in [4.69, 9.17) is 16.3 Å². The third-order valence-electron chi connectivity index (χ3n) is 5.52.